The van der Waals surface area contributed by atoms with Crippen LogP contribution in [0.1, 0.15) is 63.9 Å². The molecule has 0 unspecified atom stereocenters. The second-order valence-electron chi connectivity index (χ2n) is 7.82. The van der Waals surface area contributed by atoms with E-state index in [0.717, 1.165) is 18.6 Å². The largest absolute Gasteiger partial charge is 1.00 e. The molecule has 1 N–H and O–H groups in total. The number of nitrogens with zero attached hydrogens (tertiary/aromatic N) is 1. The van der Waals surface area contributed by atoms with Gasteiger partial charge in [0.1, 0.15) is 5.75 Å². The Morgan fingerprint density at radius 3 is 2.03 bits per heavy atom. The van der Waals surface area contributed by atoms with Gasteiger partial charge >= 0.3 is 35.7 Å². The van der Waals surface area contributed by atoms with Gasteiger partial charge in [-0.05, 0) is 42.7 Å². The predicted molar refractivity (Wildman–Crippen MR) is 128 cm³/mol. The Bertz CT molecular complexity index is 923. The van der Waals surface area contributed by atoms with Crippen molar-refractivity contribution in [3.8, 4) is 5.75 Å². The Morgan fingerprint density at radius 1 is 0.912 bits per heavy atom. The predicted octanol–water partition coefficient (Wildman–Crippen LogP) is 2.55. The van der Waals surface area contributed by atoms with Crippen LogP contribution in [0.2, 0.25) is 0 Å². The summed E-state index contributed by atoms with van der Waals surface area (Å²) in [6, 6.07) is 9.01. The molecule has 7 nitrogen and oxygen atoms in total. The smallest absolute Gasteiger partial charge is 0.427 e. The van der Waals surface area contributed by atoms with E-state index in [1.165, 1.54) is 69.1 Å². The Morgan fingerprint density at radius 2 is 1.47 bits per heavy atom. The molecule has 2 rings (SSSR count). The van der Waals surface area contributed by atoms with Gasteiger partial charge in [-0.2, -0.15) is 8.42 Å². The number of rotatable bonds is 14. The summed E-state index contributed by atoms with van der Waals surface area (Å²) < 4.78 is 42.9. The van der Waals surface area contributed by atoms with Gasteiger partial charge in [-0.25, -0.2) is 9.36 Å². The minimum atomic E-state index is -4.28. The van der Waals surface area contributed by atoms with E-state index in [1.807, 2.05) is 17.0 Å². The van der Waals surface area contributed by atoms with Crippen LogP contribution < -0.4 is 38.9 Å². The number of benzene rings is 1. The van der Waals surface area contributed by atoms with Crippen molar-refractivity contribution in [2.75, 3.05) is 6.61 Å². The molecule has 0 spiro atoms. The van der Waals surface area contributed by atoms with Gasteiger partial charge in [-0.15, -0.1) is 12.4 Å². The summed E-state index contributed by atoms with van der Waals surface area (Å²) in [4.78, 5) is 11.5. The van der Waals surface area contributed by atoms with Crippen LogP contribution in [0.3, 0.4) is 0 Å². The molecule has 34 heavy (non-hydrogen) atoms. The molecule has 1 heterocycles. The Hall–Kier alpha value is -1.16. The van der Waals surface area contributed by atoms with E-state index in [9.17, 15) is 13.2 Å². The van der Waals surface area contributed by atoms with E-state index in [0.29, 0.717) is 6.54 Å². The number of carbonyl (C=O) groups is 1. The maximum Gasteiger partial charge on any atom is 1.00 e. The maximum atomic E-state index is 11.8. The minimum absolute atomic E-state index is 0. The van der Waals surface area contributed by atoms with Gasteiger partial charge in [-0.1, -0.05) is 51.9 Å². The van der Waals surface area contributed by atoms with Gasteiger partial charge < -0.3 is 9.47 Å². The Balaban J connectivity index is 0.00000544. The first-order valence-electron chi connectivity index (χ1n) is 11.3. The third-order valence-electron chi connectivity index (χ3n) is 5.17. The van der Waals surface area contributed by atoms with Crippen LogP contribution in [0.25, 0.3) is 0 Å². The molecule has 1 aromatic carbocycles. The summed E-state index contributed by atoms with van der Waals surface area (Å²) in [5, 5.41) is 0. The Labute approximate surface area is 231 Å². The van der Waals surface area contributed by atoms with Crippen LogP contribution >= 0.6 is 12.4 Å². The van der Waals surface area contributed by atoms with Crippen molar-refractivity contribution in [3.05, 3.63) is 54.4 Å². The third kappa shape index (κ3) is 13.7. The van der Waals surface area contributed by atoms with E-state index < -0.39 is 16.3 Å². The monoisotopic (exact) mass is 523 g/mol. The molecule has 10 heteroatoms. The molecule has 0 saturated carbocycles. The first kappa shape index (κ1) is 32.8. The minimum Gasteiger partial charge on any atom is -0.427 e. The molecule has 0 aliphatic rings. The number of aryl methyl sites for hydroxylation is 1. The Kier molecular flexibility index (Phi) is 17.5. The van der Waals surface area contributed by atoms with Crippen molar-refractivity contribution in [3.63, 3.8) is 0 Å². The van der Waals surface area contributed by atoms with E-state index in [2.05, 4.69) is 19.1 Å². The first-order valence-corrected chi connectivity index (χ1v) is 12.7. The average Bonchev–Trinajstić information content (AvgIpc) is 2.76. The SMILES string of the molecule is CCCCCCCCCCc1cc[n+](CCOC(=O)Oc2ccc(S(=O)(=O)O)cc2)cc1.Cl.[Na+]. The van der Waals surface area contributed by atoms with Gasteiger partial charge in [0.15, 0.2) is 25.5 Å². The topological polar surface area (TPSA) is 93.8 Å². The van der Waals surface area contributed by atoms with Crippen LogP contribution in [0, 0.1) is 0 Å². The van der Waals surface area contributed by atoms with Crippen LogP contribution in [0.4, 0.5) is 4.79 Å². The van der Waals surface area contributed by atoms with Crippen molar-refractivity contribution in [1.29, 1.82) is 0 Å². The zero-order valence-corrected chi connectivity index (χ0v) is 23.8. The van der Waals surface area contributed by atoms with Gasteiger partial charge in [0.25, 0.3) is 10.1 Å². The number of hydrogen-bond donors (Lipinski definition) is 1. The molecule has 0 amide bonds. The van der Waals surface area contributed by atoms with E-state index in [4.69, 9.17) is 14.0 Å². The summed E-state index contributed by atoms with van der Waals surface area (Å²) in [5.41, 5.74) is 1.31. The summed E-state index contributed by atoms with van der Waals surface area (Å²) in [6.45, 7) is 2.88. The van der Waals surface area contributed by atoms with E-state index in [-0.39, 0.29) is 59.2 Å². The molecule has 0 atom stereocenters. The average molecular weight is 524 g/mol. The number of halogens is 1. The number of unbranched alkanes of at least 4 members (excludes halogenated alkanes) is 7. The summed E-state index contributed by atoms with van der Waals surface area (Å²) in [6.07, 6.45) is 14.6. The van der Waals surface area contributed by atoms with Gasteiger partial charge in [0, 0.05) is 12.1 Å². The second kappa shape index (κ2) is 18.2. The molecule has 1 aromatic heterocycles. The van der Waals surface area contributed by atoms with E-state index in [1.54, 1.807) is 0 Å². The number of pyridine rings is 1. The standard InChI is InChI=1S/C24H33NO6S.ClH.Na/c1-2-3-4-5-6-7-8-9-10-21-15-17-25(18-16-21)19-20-30-24(26)31-22-11-13-23(14-12-22)32(27,28)29;;/h11-18H,2-10,19-20H2,1H3;1H;/q;;+1/p+1. The van der Waals surface area contributed by atoms with Crippen LogP contribution in [0.15, 0.2) is 53.7 Å². The van der Waals surface area contributed by atoms with Crippen LogP contribution in [-0.2, 0) is 27.8 Å². The fraction of sp³-hybridized carbons (Fsp3) is 0.500. The molecule has 2 aromatic rings. The second-order valence-corrected chi connectivity index (χ2v) is 9.24. The van der Waals surface area contributed by atoms with Crippen LogP contribution in [0.5, 0.6) is 5.75 Å². The molecule has 184 valence electrons. The molecule has 0 radical (unpaired) electrons. The number of ether oxygens (including phenoxy) is 2. The first-order chi connectivity index (χ1) is 15.4. The molecular weight excluding hydrogens is 489 g/mol. The number of carbonyl (C=O) groups excluding carboxylic acids is 1. The zero-order valence-electron chi connectivity index (χ0n) is 20.1. The molecule has 0 aliphatic carbocycles. The normalized spacial score (nSPS) is 10.6. The third-order valence-corrected chi connectivity index (χ3v) is 6.04. The number of hydrogen-bond acceptors (Lipinski definition) is 5. The van der Waals surface area contributed by atoms with Crippen molar-refractivity contribution < 1.29 is 61.4 Å². The van der Waals surface area contributed by atoms with E-state index >= 15 is 0 Å². The molecule has 0 aliphatic heterocycles. The van der Waals surface area contributed by atoms with Crippen LogP contribution in [-0.4, -0.2) is 25.7 Å². The fourth-order valence-electron chi connectivity index (χ4n) is 3.31. The fourth-order valence-corrected chi connectivity index (χ4v) is 3.79. The van der Waals surface area contributed by atoms with Crippen molar-refractivity contribution in [2.45, 2.75) is 76.2 Å². The summed E-state index contributed by atoms with van der Waals surface area (Å²) >= 11 is 0. The quantitative estimate of drug-likeness (QED) is 0.102. The molecule has 0 saturated heterocycles. The molecule has 0 bridgehead atoms. The van der Waals surface area contributed by atoms with Crippen molar-refractivity contribution in [2.24, 2.45) is 0 Å². The number of aromatic nitrogens is 1. The van der Waals surface area contributed by atoms with Crippen molar-refractivity contribution >= 4 is 28.7 Å². The van der Waals surface area contributed by atoms with Gasteiger partial charge in [0.05, 0.1) is 4.90 Å². The summed E-state index contributed by atoms with van der Waals surface area (Å²) in [7, 11) is -4.28. The zero-order chi connectivity index (χ0) is 23.2. The maximum absolute atomic E-state index is 11.8. The summed E-state index contributed by atoms with van der Waals surface area (Å²) in [5.74, 6) is 0.125. The van der Waals surface area contributed by atoms with Gasteiger partial charge in [0.2, 0.25) is 0 Å². The van der Waals surface area contributed by atoms with Gasteiger partial charge in [-0.3, -0.25) is 4.55 Å². The molecule has 0 fully saturated rings. The molecular formula is C24H35ClNNaO6S+2. The van der Waals surface area contributed by atoms with Crippen molar-refractivity contribution in [1.82, 2.24) is 0 Å².